The van der Waals surface area contributed by atoms with Gasteiger partial charge in [-0.3, -0.25) is 0 Å². The normalized spacial score (nSPS) is 13.4. The monoisotopic (exact) mass is 293 g/mol. The van der Waals surface area contributed by atoms with Crippen molar-refractivity contribution in [3.63, 3.8) is 0 Å². The van der Waals surface area contributed by atoms with E-state index in [0.29, 0.717) is 18.5 Å². The zero-order valence-electron chi connectivity index (χ0n) is 9.75. The third-order valence-electron chi connectivity index (χ3n) is 2.43. The summed E-state index contributed by atoms with van der Waals surface area (Å²) >= 11 is 11.8. The Morgan fingerprint density at radius 3 is 2.50 bits per heavy atom. The number of oxime groups is 1. The molecule has 0 aliphatic carbocycles. The maximum Gasteiger partial charge on any atom is 0.141 e. The van der Waals surface area contributed by atoms with Crippen LogP contribution in [0.2, 0.25) is 10.0 Å². The highest BCUT2D eigenvalue weighted by Gasteiger charge is 2.14. The van der Waals surface area contributed by atoms with Crippen LogP contribution < -0.4 is 11.1 Å². The molecule has 1 aromatic rings. The summed E-state index contributed by atoms with van der Waals surface area (Å²) in [7, 11) is 0. The molecule has 0 spiro atoms. The van der Waals surface area contributed by atoms with Crippen LogP contribution in [0.25, 0.3) is 0 Å². The number of amidine groups is 1. The fourth-order valence-electron chi connectivity index (χ4n) is 1.47. The summed E-state index contributed by atoms with van der Waals surface area (Å²) in [6.45, 7) is 1.92. The van der Waals surface area contributed by atoms with Gasteiger partial charge < -0.3 is 16.3 Å². The second-order valence-corrected chi connectivity index (χ2v) is 4.60. The molecule has 0 fully saturated rings. The van der Waals surface area contributed by atoms with Crippen molar-refractivity contribution in [2.45, 2.75) is 25.8 Å². The maximum atomic E-state index is 13.0. The van der Waals surface area contributed by atoms with Crippen molar-refractivity contribution in [3.8, 4) is 0 Å². The molecule has 0 amide bonds. The van der Waals surface area contributed by atoms with Gasteiger partial charge in [-0.25, -0.2) is 4.39 Å². The van der Waals surface area contributed by atoms with Crippen LogP contribution in [0.3, 0.4) is 0 Å². The zero-order chi connectivity index (χ0) is 13.7. The summed E-state index contributed by atoms with van der Waals surface area (Å²) in [6.07, 6.45) is 1.04. The number of nitrogens with two attached hydrogens (primary N) is 1. The summed E-state index contributed by atoms with van der Waals surface area (Å²) in [6, 6.07) is 2.24. The molecule has 0 aliphatic heterocycles. The summed E-state index contributed by atoms with van der Waals surface area (Å²) < 4.78 is 13.0. The molecule has 0 aromatic heterocycles. The molecular weight excluding hydrogens is 280 g/mol. The number of rotatable bonds is 5. The maximum absolute atomic E-state index is 13.0. The van der Waals surface area contributed by atoms with Crippen molar-refractivity contribution in [2.75, 3.05) is 5.32 Å². The van der Waals surface area contributed by atoms with Crippen molar-refractivity contribution in [1.82, 2.24) is 0 Å². The molecule has 0 bridgehead atoms. The van der Waals surface area contributed by atoms with E-state index in [1.165, 1.54) is 12.1 Å². The molecule has 0 radical (unpaired) electrons. The van der Waals surface area contributed by atoms with Crippen molar-refractivity contribution in [3.05, 3.63) is 28.0 Å². The zero-order valence-corrected chi connectivity index (χ0v) is 11.3. The molecule has 1 aromatic carbocycles. The molecule has 100 valence electrons. The second kappa shape index (κ2) is 6.66. The van der Waals surface area contributed by atoms with E-state index in [9.17, 15) is 4.39 Å². The molecule has 18 heavy (non-hydrogen) atoms. The van der Waals surface area contributed by atoms with Crippen LogP contribution in [0.1, 0.15) is 19.8 Å². The molecule has 1 rings (SSSR count). The summed E-state index contributed by atoms with van der Waals surface area (Å²) in [5, 5.41) is 14.9. The highest BCUT2D eigenvalue weighted by Crippen LogP contribution is 2.32. The fourth-order valence-corrected chi connectivity index (χ4v) is 2.04. The van der Waals surface area contributed by atoms with Crippen molar-refractivity contribution >= 4 is 34.7 Å². The van der Waals surface area contributed by atoms with Crippen molar-refractivity contribution < 1.29 is 9.60 Å². The molecule has 0 aliphatic rings. The largest absolute Gasteiger partial charge is 0.409 e. The van der Waals surface area contributed by atoms with Gasteiger partial charge in [0, 0.05) is 12.5 Å². The Balaban J connectivity index is 2.88. The Bertz CT molecular complexity index is 431. The van der Waals surface area contributed by atoms with E-state index >= 15 is 0 Å². The minimum Gasteiger partial charge on any atom is -0.409 e. The topological polar surface area (TPSA) is 70.6 Å². The number of halogens is 3. The van der Waals surface area contributed by atoms with E-state index in [4.69, 9.17) is 34.1 Å². The van der Waals surface area contributed by atoms with Gasteiger partial charge in [-0.05, 0) is 18.6 Å². The minimum absolute atomic E-state index is 0.101. The molecule has 1 atom stereocenters. The van der Waals surface area contributed by atoms with Crippen LogP contribution in [0.15, 0.2) is 17.3 Å². The third-order valence-corrected chi connectivity index (χ3v) is 3.03. The van der Waals surface area contributed by atoms with Gasteiger partial charge in [-0.15, -0.1) is 0 Å². The number of nitrogens with one attached hydrogen (secondary N) is 1. The number of hydrogen-bond acceptors (Lipinski definition) is 3. The number of anilines is 1. The minimum atomic E-state index is -0.500. The predicted molar refractivity (Wildman–Crippen MR) is 72.1 cm³/mol. The Morgan fingerprint density at radius 1 is 1.50 bits per heavy atom. The molecular formula is C11H14Cl2FN3O. The van der Waals surface area contributed by atoms with Gasteiger partial charge in [0.05, 0.1) is 15.7 Å². The average molecular weight is 294 g/mol. The van der Waals surface area contributed by atoms with Gasteiger partial charge in [0.1, 0.15) is 11.7 Å². The van der Waals surface area contributed by atoms with Gasteiger partial charge in [0.25, 0.3) is 0 Å². The molecule has 1 unspecified atom stereocenters. The second-order valence-electron chi connectivity index (χ2n) is 3.79. The Morgan fingerprint density at radius 2 is 2.06 bits per heavy atom. The molecule has 0 heterocycles. The quantitative estimate of drug-likeness (QED) is 0.337. The lowest BCUT2D eigenvalue weighted by Crippen LogP contribution is -2.26. The van der Waals surface area contributed by atoms with Crippen molar-refractivity contribution in [2.24, 2.45) is 10.9 Å². The lowest BCUT2D eigenvalue weighted by Gasteiger charge is -2.19. The molecule has 0 saturated carbocycles. The van der Waals surface area contributed by atoms with Gasteiger partial charge in [0.15, 0.2) is 0 Å². The Kier molecular flexibility index (Phi) is 5.50. The van der Waals surface area contributed by atoms with E-state index in [-0.39, 0.29) is 21.9 Å². The first-order valence-electron chi connectivity index (χ1n) is 5.35. The molecule has 4 nitrogen and oxygen atoms in total. The first-order valence-corrected chi connectivity index (χ1v) is 6.11. The van der Waals surface area contributed by atoms with E-state index in [1.807, 2.05) is 6.92 Å². The summed E-state index contributed by atoms with van der Waals surface area (Å²) in [5.74, 6) is -0.399. The smallest absolute Gasteiger partial charge is 0.141 e. The molecule has 0 saturated heterocycles. The SMILES string of the molecule is CCC(CC(N)=NO)Nc1c(Cl)cc(F)cc1Cl. The van der Waals surface area contributed by atoms with E-state index < -0.39 is 5.82 Å². The number of benzene rings is 1. The standard InChI is InChI=1S/C11H14Cl2FN3O/c1-2-7(5-10(15)17-18)16-11-8(12)3-6(14)4-9(11)13/h3-4,7,16,18H,2,5H2,1H3,(H2,15,17). The molecule has 4 N–H and O–H groups in total. The lowest BCUT2D eigenvalue weighted by atomic mass is 10.1. The fraction of sp³-hybridized carbons (Fsp3) is 0.364. The van der Waals surface area contributed by atoms with Crippen LogP contribution in [0, 0.1) is 5.82 Å². The molecule has 7 heteroatoms. The number of hydrogen-bond donors (Lipinski definition) is 3. The Hall–Kier alpha value is -1.20. The highest BCUT2D eigenvalue weighted by atomic mass is 35.5. The predicted octanol–water partition coefficient (Wildman–Crippen LogP) is 3.46. The van der Waals surface area contributed by atoms with E-state index in [2.05, 4.69) is 10.5 Å². The van der Waals surface area contributed by atoms with E-state index in [0.717, 1.165) is 0 Å². The Labute approximate surface area is 115 Å². The summed E-state index contributed by atoms with van der Waals surface area (Å²) in [4.78, 5) is 0. The van der Waals surface area contributed by atoms with Gasteiger partial charge in [0.2, 0.25) is 0 Å². The first kappa shape index (κ1) is 14.9. The van der Waals surface area contributed by atoms with Crippen LogP contribution in [-0.4, -0.2) is 17.1 Å². The third kappa shape index (κ3) is 3.92. The van der Waals surface area contributed by atoms with Gasteiger partial charge in [-0.2, -0.15) is 0 Å². The van der Waals surface area contributed by atoms with Gasteiger partial charge in [-0.1, -0.05) is 35.3 Å². The van der Waals surface area contributed by atoms with Crippen LogP contribution in [-0.2, 0) is 0 Å². The van der Waals surface area contributed by atoms with Crippen LogP contribution in [0.5, 0.6) is 0 Å². The van der Waals surface area contributed by atoms with E-state index in [1.54, 1.807) is 0 Å². The summed E-state index contributed by atoms with van der Waals surface area (Å²) in [5.41, 5.74) is 5.88. The lowest BCUT2D eigenvalue weighted by molar-refractivity contribution is 0.316. The van der Waals surface area contributed by atoms with Gasteiger partial charge >= 0.3 is 0 Å². The average Bonchev–Trinajstić information content (AvgIpc) is 2.31. The first-order chi connectivity index (χ1) is 8.47. The van der Waals surface area contributed by atoms with Crippen LogP contribution in [0.4, 0.5) is 10.1 Å². The van der Waals surface area contributed by atoms with Crippen molar-refractivity contribution in [1.29, 1.82) is 0 Å². The van der Waals surface area contributed by atoms with Crippen LogP contribution >= 0.6 is 23.2 Å². The highest BCUT2D eigenvalue weighted by molar-refractivity contribution is 6.39. The number of nitrogens with zero attached hydrogens (tertiary/aromatic N) is 1.